The molecule has 0 atom stereocenters. The molecule has 0 radical (unpaired) electrons. The molecule has 5 heteroatoms. The van der Waals surface area contributed by atoms with Crippen molar-refractivity contribution in [3.8, 4) is 0 Å². The van der Waals surface area contributed by atoms with Gasteiger partial charge in [-0.1, -0.05) is 23.2 Å². The minimum atomic E-state index is -0.298. The van der Waals surface area contributed by atoms with Gasteiger partial charge in [0, 0.05) is 5.69 Å². The molecule has 3 nitrogen and oxygen atoms in total. The summed E-state index contributed by atoms with van der Waals surface area (Å²) in [7, 11) is 0. The van der Waals surface area contributed by atoms with Gasteiger partial charge in [-0.2, -0.15) is 0 Å². The van der Waals surface area contributed by atoms with Gasteiger partial charge in [-0.05, 0) is 31.5 Å². The van der Waals surface area contributed by atoms with Crippen LogP contribution in [0.1, 0.15) is 12.5 Å². The topological polar surface area (TPSA) is 38.3 Å². The Morgan fingerprint density at radius 2 is 2.00 bits per heavy atom. The molecule has 1 aromatic carbocycles. The maximum absolute atomic E-state index is 11.1. The van der Waals surface area contributed by atoms with Gasteiger partial charge in [0.1, 0.15) is 6.54 Å². The van der Waals surface area contributed by atoms with Crippen LogP contribution in [0, 0.1) is 6.92 Å². The summed E-state index contributed by atoms with van der Waals surface area (Å²) in [5, 5.41) is 3.91. The number of esters is 1. The number of ether oxygens (including phenoxy) is 1. The van der Waals surface area contributed by atoms with Gasteiger partial charge in [-0.15, -0.1) is 0 Å². The van der Waals surface area contributed by atoms with Gasteiger partial charge in [0.15, 0.2) is 0 Å². The normalized spacial score (nSPS) is 10.0. The number of halogens is 2. The Kier molecular flexibility index (Phi) is 4.90. The Balaban J connectivity index is 2.67. The van der Waals surface area contributed by atoms with E-state index >= 15 is 0 Å². The quantitative estimate of drug-likeness (QED) is 0.846. The average Bonchev–Trinajstić information content (AvgIpc) is 2.22. The van der Waals surface area contributed by atoms with Crippen LogP contribution in [0.3, 0.4) is 0 Å². The Hall–Kier alpha value is -0.930. The smallest absolute Gasteiger partial charge is 0.325 e. The molecule has 0 spiro atoms. The van der Waals surface area contributed by atoms with Gasteiger partial charge >= 0.3 is 5.97 Å². The maximum atomic E-state index is 11.1. The maximum Gasteiger partial charge on any atom is 0.325 e. The molecule has 0 fully saturated rings. The van der Waals surface area contributed by atoms with E-state index in [4.69, 9.17) is 27.9 Å². The number of carbonyl (C=O) groups is 1. The van der Waals surface area contributed by atoms with Crippen LogP contribution in [-0.2, 0) is 9.53 Å². The van der Waals surface area contributed by atoms with Crippen molar-refractivity contribution in [1.82, 2.24) is 0 Å². The first-order valence-electron chi connectivity index (χ1n) is 4.89. The number of nitrogens with one attached hydrogen (secondary N) is 1. The lowest BCUT2D eigenvalue weighted by Gasteiger charge is -2.10. The summed E-state index contributed by atoms with van der Waals surface area (Å²) in [6.45, 7) is 4.14. The van der Waals surface area contributed by atoms with E-state index < -0.39 is 0 Å². The van der Waals surface area contributed by atoms with Crippen molar-refractivity contribution in [2.75, 3.05) is 18.5 Å². The molecule has 1 aromatic rings. The Bertz CT molecular complexity index is 394. The lowest BCUT2D eigenvalue weighted by Crippen LogP contribution is -2.17. The van der Waals surface area contributed by atoms with Crippen LogP contribution < -0.4 is 5.32 Å². The Morgan fingerprint density at radius 3 is 2.62 bits per heavy atom. The molecular formula is C11H13Cl2NO2. The van der Waals surface area contributed by atoms with Crippen LogP contribution in [-0.4, -0.2) is 19.1 Å². The summed E-state index contributed by atoms with van der Waals surface area (Å²) in [6.07, 6.45) is 0. The molecule has 0 amide bonds. The monoisotopic (exact) mass is 261 g/mol. The van der Waals surface area contributed by atoms with Gasteiger partial charge < -0.3 is 10.1 Å². The summed E-state index contributed by atoms with van der Waals surface area (Å²) in [6, 6.07) is 3.44. The molecule has 88 valence electrons. The number of anilines is 1. The highest BCUT2D eigenvalue weighted by Gasteiger charge is 2.06. The third-order valence-corrected chi connectivity index (χ3v) is 2.72. The van der Waals surface area contributed by atoms with Crippen molar-refractivity contribution in [1.29, 1.82) is 0 Å². The average molecular weight is 262 g/mol. The third-order valence-electron chi connectivity index (χ3n) is 2.00. The molecule has 0 heterocycles. The number of benzene rings is 1. The minimum absolute atomic E-state index is 0.118. The first kappa shape index (κ1) is 13.1. The highest BCUT2D eigenvalue weighted by atomic mass is 35.5. The molecule has 1 rings (SSSR count). The molecule has 0 aliphatic heterocycles. The fourth-order valence-electron chi connectivity index (χ4n) is 1.22. The van der Waals surface area contributed by atoms with E-state index in [9.17, 15) is 4.79 Å². The second-order valence-electron chi connectivity index (χ2n) is 3.24. The number of rotatable bonds is 4. The molecular weight excluding hydrogens is 249 g/mol. The van der Waals surface area contributed by atoms with Crippen LogP contribution in [0.25, 0.3) is 0 Å². The van der Waals surface area contributed by atoms with E-state index in [1.54, 1.807) is 19.1 Å². The Morgan fingerprint density at radius 1 is 1.38 bits per heavy atom. The zero-order valence-electron chi connectivity index (χ0n) is 9.14. The number of carbonyl (C=O) groups excluding carboxylic acids is 1. The number of hydrogen-bond acceptors (Lipinski definition) is 3. The second-order valence-corrected chi connectivity index (χ2v) is 4.05. The molecule has 0 aliphatic rings. The Labute approximate surface area is 105 Å². The molecule has 0 bridgehead atoms. The minimum Gasteiger partial charge on any atom is -0.465 e. The molecule has 0 aliphatic carbocycles. The van der Waals surface area contributed by atoms with Crippen molar-refractivity contribution >= 4 is 34.9 Å². The molecule has 0 saturated heterocycles. The zero-order valence-corrected chi connectivity index (χ0v) is 10.7. The van der Waals surface area contributed by atoms with Gasteiger partial charge in [0.05, 0.1) is 16.7 Å². The first-order valence-corrected chi connectivity index (χ1v) is 5.65. The summed E-state index contributed by atoms with van der Waals surface area (Å²) in [4.78, 5) is 11.1. The van der Waals surface area contributed by atoms with Crippen molar-refractivity contribution in [2.45, 2.75) is 13.8 Å². The lowest BCUT2D eigenvalue weighted by atomic mass is 10.2. The highest BCUT2D eigenvalue weighted by Crippen LogP contribution is 2.28. The van der Waals surface area contributed by atoms with Crippen molar-refractivity contribution < 1.29 is 9.53 Å². The molecule has 0 unspecified atom stereocenters. The van der Waals surface area contributed by atoms with Gasteiger partial charge in [0.25, 0.3) is 0 Å². The predicted octanol–water partition coefficient (Wildman–Crippen LogP) is 3.28. The summed E-state index contributed by atoms with van der Waals surface area (Å²) >= 11 is 11.7. The first-order chi connectivity index (χ1) is 7.54. The summed E-state index contributed by atoms with van der Waals surface area (Å²) in [5.41, 5.74) is 1.71. The number of hydrogen-bond donors (Lipinski definition) is 1. The van der Waals surface area contributed by atoms with Gasteiger partial charge in [-0.3, -0.25) is 4.79 Å². The SMILES string of the molecule is CCOC(=O)CNc1cc(Cl)c(Cl)cc1C. The zero-order chi connectivity index (χ0) is 12.1. The van der Waals surface area contributed by atoms with E-state index in [0.29, 0.717) is 16.7 Å². The van der Waals surface area contributed by atoms with E-state index in [-0.39, 0.29) is 12.5 Å². The predicted molar refractivity (Wildman–Crippen MR) is 66.3 cm³/mol. The second kappa shape index (κ2) is 5.97. The highest BCUT2D eigenvalue weighted by molar-refractivity contribution is 6.42. The third kappa shape index (κ3) is 3.58. The van der Waals surface area contributed by atoms with Gasteiger partial charge in [-0.25, -0.2) is 0 Å². The largest absolute Gasteiger partial charge is 0.465 e. The van der Waals surface area contributed by atoms with E-state index in [0.717, 1.165) is 11.3 Å². The van der Waals surface area contributed by atoms with Crippen LogP contribution >= 0.6 is 23.2 Å². The molecule has 16 heavy (non-hydrogen) atoms. The van der Waals surface area contributed by atoms with Crippen LogP contribution in [0.5, 0.6) is 0 Å². The molecule has 0 aromatic heterocycles. The molecule has 0 saturated carbocycles. The van der Waals surface area contributed by atoms with Crippen LogP contribution in [0.4, 0.5) is 5.69 Å². The van der Waals surface area contributed by atoms with Crippen molar-refractivity contribution in [2.24, 2.45) is 0 Å². The van der Waals surface area contributed by atoms with E-state index in [1.165, 1.54) is 0 Å². The summed E-state index contributed by atoms with van der Waals surface area (Å²) < 4.78 is 4.80. The van der Waals surface area contributed by atoms with Crippen molar-refractivity contribution in [3.63, 3.8) is 0 Å². The fourth-order valence-corrected chi connectivity index (χ4v) is 1.60. The number of aryl methyl sites for hydroxylation is 1. The lowest BCUT2D eigenvalue weighted by molar-refractivity contribution is -0.140. The standard InChI is InChI=1S/C11H13Cl2NO2/c1-3-16-11(15)6-14-10-5-9(13)8(12)4-7(10)2/h4-5,14H,3,6H2,1-2H3. The summed E-state index contributed by atoms with van der Waals surface area (Å²) in [5.74, 6) is -0.298. The van der Waals surface area contributed by atoms with Crippen molar-refractivity contribution in [3.05, 3.63) is 27.7 Å². The van der Waals surface area contributed by atoms with Crippen LogP contribution in [0.15, 0.2) is 12.1 Å². The molecule has 1 N–H and O–H groups in total. The van der Waals surface area contributed by atoms with Crippen LogP contribution in [0.2, 0.25) is 10.0 Å². The fraction of sp³-hybridized carbons (Fsp3) is 0.364. The van der Waals surface area contributed by atoms with E-state index in [1.807, 2.05) is 6.92 Å². The van der Waals surface area contributed by atoms with Gasteiger partial charge in [0.2, 0.25) is 0 Å². The van der Waals surface area contributed by atoms with E-state index in [2.05, 4.69) is 5.32 Å².